The van der Waals surface area contributed by atoms with Crippen LogP contribution in [0.25, 0.3) is 22.4 Å². The molecule has 0 spiro atoms. The van der Waals surface area contributed by atoms with Crippen LogP contribution in [0.15, 0.2) is 69.9 Å². The molecule has 0 saturated heterocycles. The molecule has 0 aliphatic rings. The number of carbonyl (C=O) groups is 1. The molecule has 3 aromatic heterocycles. The van der Waals surface area contributed by atoms with Gasteiger partial charge in [-0.25, -0.2) is 4.57 Å². The Bertz CT molecular complexity index is 1540. The average molecular weight is 476 g/mol. The van der Waals surface area contributed by atoms with Gasteiger partial charge < -0.3 is 5.32 Å². The second-order valence-corrected chi connectivity index (χ2v) is 9.69. The van der Waals surface area contributed by atoms with E-state index in [1.165, 1.54) is 11.8 Å². The van der Waals surface area contributed by atoms with E-state index >= 15 is 0 Å². The molecule has 9 heteroatoms. The topological polar surface area (TPSA) is 81.3 Å². The smallest absolute Gasteiger partial charge is 0.267 e. The quantitative estimate of drug-likeness (QED) is 0.374. The zero-order chi connectivity index (χ0) is 22.9. The molecule has 166 valence electrons. The Hall–Kier alpha value is -3.43. The number of fused-ring (bicyclic) bond motifs is 3. The number of thiophene rings is 1. The minimum Gasteiger partial charge on any atom is -0.350 e. The Kier molecular flexibility index (Phi) is 5.74. The normalized spacial score (nSPS) is 11.3. The van der Waals surface area contributed by atoms with Crippen LogP contribution in [0.3, 0.4) is 0 Å². The average Bonchev–Trinajstić information content (AvgIpc) is 3.48. The standard InChI is InChI=1S/C24H21N5O2S2/c1-15-9-10-19(16(2)12-15)28-22(31)18-7-3-4-8-20(18)29-23(28)26-27-24(29)33-14-21(30)25-13-17-6-5-11-32-17/h3-12H,13-14H2,1-2H3,(H,25,30). The first-order valence-corrected chi connectivity index (χ1v) is 12.3. The monoisotopic (exact) mass is 475 g/mol. The molecule has 2 aromatic carbocycles. The third-order valence-electron chi connectivity index (χ3n) is 5.36. The fourth-order valence-electron chi connectivity index (χ4n) is 3.83. The number of para-hydroxylation sites is 1. The van der Waals surface area contributed by atoms with E-state index in [9.17, 15) is 9.59 Å². The van der Waals surface area contributed by atoms with E-state index in [1.807, 2.05) is 72.2 Å². The van der Waals surface area contributed by atoms with Crippen LogP contribution in [0.4, 0.5) is 0 Å². The highest BCUT2D eigenvalue weighted by Gasteiger charge is 2.19. The van der Waals surface area contributed by atoms with Crippen molar-refractivity contribution in [2.45, 2.75) is 25.5 Å². The summed E-state index contributed by atoms with van der Waals surface area (Å²) < 4.78 is 3.46. The van der Waals surface area contributed by atoms with Crippen molar-refractivity contribution in [1.29, 1.82) is 0 Å². The summed E-state index contributed by atoms with van der Waals surface area (Å²) in [5.41, 5.74) is 3.42. The summed E-state index contributed by atoms with van der Waals surface area (Å²) in [7, 11) is 0. The van der Waals surface area contributed by atoms with E-state index < -0.39 is 0 Å². The van der Waals surface area contributed by atoms with Gasteiger partial charge in [0.2, 0.25) is 11.7 Å². The van der Waals surface area contributed by atoms with Crippen molar-refractivity contribution in [3.63, 3.8) is 0 Å². The minimum absolute atomic E-state index is 0.0860. The van der Waals surface area contributed by atoms with Crippen LogP contribution in [0, 0.1) is 13.8 Å². The molecule has 0 atom stereocenters. The lowest BCUT2D eigenvalue weighted by atomic mass is 10.1. The lowest BCUT2D eigenvalue weighted by molar-refractivity contribution is -0.118. The van der Waals surface area contributed by atoms with Crippen LogP contribution in [0.1, 0.15) is 16.0 Å². The molecule has 7 nitrogen and oxygen atoms in total. The van der Waals surface area contributed by atoms with Crippen molar-refractivity contribution in [3.05, 3.63) is 86.3 Å². The number of thioether (sulfide) groups is 1. The predicted octanol–water partition coefficient (Wildman–Crippen LogP) is 4.12. The SMILES string of the molecule is Cc1ccc(-n2c(=O)c3ccccc3n3c(SCC(=O)NCc4cccs4)nnc23)c(C)c1. The number of hydrogen-bond donors (Lipinski definition) is 1. The Balaban J connectivity index is 1.55. The van der Waals surface area contributed by atoms with Gasteiger partial charge >= 0.3 is 0 Å². The molecule has 5 rings (SSSR count). The highest BCUT2D eigenvalue weighted by atomic mass is 32.2. The summed E-state index contributed by atoms with van der Waals surface area (Å²) in [6, 6.07) is 17.3. The Morgan fingerprint density at radius 2 is 1.94 bits per heavy atom. The summed E-state index contributed by atoms with van der Waals surface area (Å²) in [6.45, 7) is 4.50. The van der Waals surface area contributed by atoms with Crippen molar-refractivity contribution < 1.29 is 4.79 Å². The van der Waals surface area contributed by atoms with Gasteiger partial charge in [-0.1, -0.05) is 47.7 Å². The molecule has 3 heterocycles. The number of carbonyl (C=O) groups excluding carboxylic acids is 1. The molecule has 1 amide bonds. The van der Waals surface area contributed by atoms with Gasteiger partial charge in [0, 0.05) is 4.88 Å². The molecule has 0 radical (unpaired) electrons. The van der Waals surface area contributed by atoms with Gasteiger partial charge in [-0.2, -0.15) is 0 Å². The third-order valence-corrected chi connectivity index (χ3v) is 7.17. The van der Waals surface area contributed by atoms with E-state index in [0.29, 0.717) is 28.4 Å². The molecule has 0 fully saturated rings. The molecule has 5 aromatic rings. The lowest BCUT2D eigenvalue weighted by Gasteiger charge is -2.13. The van der Waals surface area contributed by atoms with Crippen molar-refractivity contribution in [2.75, 3.05) is 5.75 Å². The molecule has 0 unspecified atom stereocenters. The van der Waals surface area contributed by atoms with Crippen LogP contribution in [-0.2, 0) is 11.3 Å². The summed E-state index contributed by atoms with van der Waals surface area (Å²) in [5.74, 6) is 0.535. The van der Waals surface area contributed by atoms with Gasteiger partial charge in [-0.05, 0) is 49.1 Å². The number of benzene rings is 2. The lowest BCUT2D eigenvalue weighted by Crippen LogP contribution is -2.24. The Morgan fingerprint density at radius 3 is 2.73 bits per heavy atom. The molecule has 0 aliphatic heterocycles. The number of rotatable bonds is 6. The van der Waals surface area contributed by atoms with Gasteiger partial charge in [-0.3, -0.25) is 14.0 Å². The molecule has 1 N–H and O–H groups in total. The van der Waals surface area contributed by atoms with Gasteiger partial charge in [-0.15, -0.1) is 21.5 Å². The van der Waals surface area contributed by atoms with Crippen LogP contribution in [-0.4, -0.2) is 30.8 Å². The van der Waals surface area contributed by atoms with Gasteiger partial charge in [0.1, 0.15) is 0 Å². The van der Waals surface area contributed by atoms with Crippen molar-refractivity contribution in [3.8, 4) is 5.69 Å². The van der Waals surface area contributed by atoms with E-state index in [-0.39, 0.29) is 17.2 Å². The first-order chi connectivity index (χ1) is 16.0. The number of nitrogens with zero attached hydrogens (tertiary/aromatic N) is 4. The number of aryl methyl sites for hydroxylation is 2. The number of hydrogen-bond acceptors (Lipinski definition) is 6. The maximum atomic E-state index is 13.5. The fraction of sp³-hybridized carbons (Fsp3) is 0.167. The van der Waals surface area contributed by atoms with E-state index in [2.05, 4.69) is 15.5 Å². The molecule has 0 bridgehead atoms. The van der Waals surface area contributed by atoms with Crippen LogP contribution in [0.2, 0.25) is 0 Å². The van der Waals surface area contributed by atoms with Crippen LogP contribution < -0.4 is 10.9 Å². The molecule has 0 saturated carbocycles. The third kappa shape index (κ3) is 4.05. The summed E-state index contributed by atoms with van der Waals surface area (Å²) >= 11 is 2.90. The Labute approximate surface area is 198 Å². The maximum Gasteiger partial charge on any atom is 0.267 e. The number of amides is 1. The molecule has 0 aliphatic carbocycles. The molecular formula is C24H21N5O2S2. The maximum absolute atomic E-state index is 13.5. The van der Waals surface area contributed by atoms with Crippen molar-refractivity contribution in [1.82, 2.24) is 24.5 Å². The van der Waals surface area contributed by atoms with Crippen LogP contribution in [0.5, 0.6) is 0 Å². The van der Waals surface area contributed by atoms with E-state index in [4.69, 9.17) is 0 Å². The zero-order valence-electron chi connectivity index (χ0n) is 18.1. The molecular weight excluding hydrogens is 454 g/mol. The Morgan fingerprint density at radius 1 is 1.09 bits per heavy atom. The van der Waals surface area contributed by atoms with Crippen molar-refractivity contribution >= 4 is 45.7 Å². The highest BCUT2D eigenvalue weighted by Crippen LogP contribution is 2.24. The molecule has 33 heavy (non-hydrogen) atoms. The summed E-state index contributed by atoms with van der Waals surface area (Å²) in [5, 5.41) is 14.7. The number of aromatic nitrogens is 4. The second-order valence-electron chi connectivity index (χ2n) is 7.71. The highest BCUT2D eigenvalue weighted by molar-refractivity contribution is 7.99. The second kappa shape index (κ2) is 8.84. The minimum atomic E-state index is -0.150. The zero-order valence-corrected chi connectivity index (χ0v) is 19.7. The van der Waals surface area contributed by atoms with Gasteiger partial charge in [0.15, 0.2) is 5.16 Å². The van der Waals surface area contributed by atoms with E-state index in [1.54, 1.807) is 22.0 Å². The van der Waals surface area contributed by atoms with Crippen LogP contribution >= 0.6 is 23.1 Å². The van der Waals surface area contributed by atoms with Crippen molar-refractivity contribution in [2.24, 2.45) is 0 Å². The summed E-state index contributed by atoms with van der Waals surface area (Å²) in [4.78, 5) is 27.0. The first-order valence-electron chi connectivity index (χ1n) is 10.4. The predicted molar refractivity (Wildman–Crippen MR) is 132 cm³/mol. The first kappa shape index (κ1) is 21.4. The van der Waals surface area contributed by atoms with E-state index in [0.717, 1.165) is 21.7 Å². The fourth-order valence-corrected chi connectivity index (χ4v) is 5.24. The van der Waals surface area contributed by atoms with Gasteiger partial charge in [0.25, 0.3) is 5.56 Å². The number of nitrogens with one attached hydrogen (secondary N) is 1. The largest absolute Gasteiger partial charge is 0.350 e. The summed E-state index contributed by atoms with van der Waals surface area (Å²) in [6.07, 6.45) is 0. The van der Waals surface area contributed by atoms with Gasteiger partial charge in [0.05, 0.1) is 28.9 Å².